The van der Waals surface area contributed by atoms with Crippen LogP contribution >= 0.6 is 27.3 Å². The van der Waals surface area contributed by atoms with Crippen LogP contribution in [-0.4, -0.2) is 9.78 Å². The molecule has 0 aliphatic rings. The van der Waals surface area contributed by atoms with Crippen molar-refractivity contribution in [2.45, 2.75) is 25.9 Å². The Morgan fingerprint density at radius 3 is 3.06 bits per heavy atom. The largest absolute Gasteiger partial charge is 0.322 e. The Morgan fingerprint density at radius 1 is 1.62 bits per heavy atom. The predicted molar refractivity (Wildman–Crippen MR) is 70.6 cm³/mol. The maximum absolute atomic E-state index is 6.22. The van der Waals surface area contributed by atoms with Gasteiger partial charge in [-0.25, -0.2) is 0 Å². The number of aryl methyl sites for hydroxylation is 1. The van der Waals surface area contributed by atoms with Gasteiger partial charge in [0.05, 0.1) is 22.4 Å². The van der Waals surface area contributed by atoms with E-state index in [0.717, 1.165) is 23.1 Å². The first-order chi connectivity index (χ1) is 7.72. The molecule has 5 heteroatoms. The van der Waals surface area contributed by atoms with Gasteiger partial charge >= 0.3 is 0 Å². The molecule has 1 atom stereocenters. The van der Waals surface area contributed by atoms with Gasteiger partial charge in [-0.2, -0.15) is 16.4 Å². The topological polar surface area (TPSA) is 43.8 Å². The second-order valence-electron chi connectivity index (χ2n) is 3.64. The molecule has 3 nitrogen and oxygen atoms in total. The second kappa shape index (κ2) is 5.12. The van der Waals surface area contributed by atoms with Gasteiger partial charge in [-0.3, -0.25) is 4.68 Å². The molecule has 0 saturated carbocycles. The summed E-state index contributed by atoms with van der Waals surface area (Å²) in [5, 5.41) is 8.49. The maximum Gasteiger partial charge on any atom is 0.0696 e. The van der Waals surface area contributed by atoms with Crippen LogP contribution in [-0.2, 0) is 13.0 Å². The Morgan fingerprint density at radius 2 is 2.44 bits per heavy atom. The van der Waals surface area contributed by atoms with E-state index >= 15 is 0 Å². The number of nitrogens with zero attached hydrogens (tertiary/aromatic N) is 2. The maximum atomic E-state index is 6.22. The summed E-state index contributed by atoms with van der Waals surface area (Å²) in [6, 6.07) is 2.11. The van der Waals surface area contributed by atoms with Crippen molar-refractivity contribution in [1.82, 2.24) is 9.78 Å². The van der Waals surface area contributed by atoms with E-state index in [2.05, 4.69) is 44.8 Å². The van der Waals surface area contributed by atoms with Gasteiger partial charge in [0, 0.05) is 6.54 Å². The average Bonchev–Trinajstić information content (AvgIpc) is 2.87. The molecule has 0 aliphatic carbocycles. The lowest BCUT2D eigenvalue weighted by Crippen LogP contribution is -2.18. The van der Waals surface area contributed by atoms with Crippen molar-refractivity contribution in [2.75, 3.05) is 0 Å². The lowest BCUT2D eigenvalue weighted by molar-refractivity contribution is 0.567. The van der Waals surface area contributed by atoms with E-state index in [1.807, 2.05) is 10.9 Å². The number of aromatic nitrogens is 2. The van der Waals surface area contributed by atoms with Crippen molar-refractivity contribution in [3.8, 4) is 0 Å². The highest BCUT2D eigenvalue weighted by atomic mass is 79.9. The van der Waals surface area contributed by atoms with Crippen molar-refractivity contribution in [3.63, 3.8) is 0 Å². The zero-order valence-electron chi connectivity index (χ0n) is 9.06. The normalized spacial score (nSPS) is 12.9. The molecule has 0 spiro atoms. The Hall–Kier alpha value is -0.650. The lowest BCUT2D eigenvalue weighted by Gasteiger charge is -2.13. The minimum absolute atomic E-state index is 0.00794. The first-order valence-electron chi connectivity index (χ1n) is 5.20. The molecule has 2 aromatic heterocycles. The Labute approximate surface area is 107 Å². The van der Waals surface area contributed by atoms with Crippen molar-refractivity contribution in [2.24, 2.45) is 5.73 Å². The van der Waals surface area contributed by atoms with Crippen molar-refractivity contribution in [1.29, 1.82) is 0 Å². The van der Waals surface area contributed by atoms with Crippen LogP contribution < -0.4 is 5.73 Å². The van der Waals surface area contributed by atoms with E-state index in [0.29, 0.717) is 0 Å². The van der Waals surface area contributed by atoms with E-state index in [9.17, 15) is 0 Å². The predicted octanol–water partition coefficient (Wildman–Crippen LogP) is 2.97. The van der Waals surface area contributed by atoms with E-state index in [1.165, 1.54) is 5.56 Å². The summed E-state index contributed by atoms with van der Waals surface area (Å²) in [7, 11) is 0. The highest BCUT2D eigenvalue weighted by molar-refractivity contribution is 9.10. The fourth-order valence-electron chi connectivity index (χ4n) is 1.75. The van der Waals surface area contributed by atoms with Gasteiger partial charge in [-0.05, 0) is 51.7 Å². The minimum Gasteiger partial charge on any atom is -0.322 e. The number of rotatable bonds is 4. The molecule has 16 heavy (non-hydrogen) atoms. The van der Waals surface area contributed by atoms with Crippen molar-refractivity contribution >= 4 is 27.3 Å². The van der Waals surface area contributed by atoms with Crippen molar-refractivity contribution < 1.29 is 0 Å². The van der Waals surface area contributed by atoms with Crippen molar-refractivity contribution in [3.05, 3.63) is 38.8 Å². The van der Waals surface area contributed by atoms with Crippen LogP contribution in [0.3, 0.4) is 0 Å². The fraction of sp³-hybridized carbons (Fsp3) is 0.364. The second-order valence-corrected chi connectivity index (χ2v) is 5.27. The van der Waals surface area contributed by atoms with Crippen LogP contribution in [0.1, 0.15) is 24.2 Å². The molecule has 0 amide bonds. The van der Waals surface area contributed by atoms with Crippen LogP contribution in [0.25, 0.3) is 0 Å². The molecule has 0 aromatic carbocycles. The molecule has 1 unspecified atom stereocenters. The molecule has 0 bridgehead atoms. The number of nitrogens with two attached hydrogens (primary N) is 1. The summed E-state index contributed by atoms with van der Waals surface area (Å²) in [6.45, 7) is 2.92. The SMILES string of the molecule is CCn1ncc(Br)c1C(N)Cc1ccsc1. The van der Waals surface area contributed by atoms with Gasteiger partial charge in [-0.15, -0.1) is 0 Å². The molecule has 2 aromatic rings. The van der Waals surface area contributed by atoms with Crippen LogP contribution in [0.5, 0.6) is 0 Å². The van der Waals surface area contributed by atoms with Crippen LogP contribution in [0.2, 0.25) is 0 Å². The summed E-state index contributed by atoms with van der Waals surface area (Å²) in [5.74, 6) is 0. The third-order valence-electron chi connectivity index (χ3n) is 2.52. The van der Waals surface area contributed by atoms with Crippen LogP contribution in [0.15, 0.2) is 27.5 Å². The first kappa shape index (κ1) is 11.8. The van der Waals surface area contributed by atoms with E-state index in [-0.39, 0.29) is 6.04 Å². The summed E-state index contributed by atoms with van der Waals surface area (Å²) < 4.78 is 2.94. The zero-order valence-corrected chi connectivity index (χ0v) is 11.5. The third kappa shape index (κ3) is 2.36. The quantitative estimate of drug-likeness (QED) is 0.943. The summed E-state index contributed by atoms with van der Waals surface area (Å²) in [6.07, 6.45) is 2.67. The molecule has 0 radical (unpaired) electrons. The van der Waals surface area contributed by atoms with Crippen LogP contribution in [0.4, 0.5) is 0 Å². The zero-order chi connectivity index (χ0) is 11.5. The molecular formula is C11H14BrN3S. The highest BCUT2D eigenvalue weighted by Crippen LogP contribution is 2.25. The van der Waals surface area contributed by atoms with Gasteiger partial charge < -0.3 is 5.73 Å². The lowest BCUT2D eigenvalue weighted by atomic mass is 10.1. The molecule has 0 aliphatic heterocycles. The molecule has 2 N–H and O–H groups in total. The van der Waals surface area contributed by atoms with Gasteiger partial charge in [0.1, 0.15) is 0 Å². The Bertz CT molecular complexity index is 450. The summed E-state index contributed by atoms with van der Waals surface area (Å²) in [4.78, 5) is 0. The first-order valence-corrected chi connectivity index (χ1v) is 6.93. The molecular weight excluding hydrogens is 286 g/mol. The van der Waals surface area contributed by atoms with Gasteiger partial charge in [0.25, 0.3) is 0 Å². The smallest absolute Gasteiger partial charge is 0.0696 e. The molecule has 86 valence electrons. The van der Waals surface area contributed by atoms with Gasteiger partial charge in [0.2, 0.25) is 0 Å². The molecule has 2 heterocycles. The number of hydrogen-bond donors (Lipinski definition) is 1. The number of hydrogen-bond acceptors (Lipinski definition) is 3. The van der Waals surface area contributed by atoms with E-state index < -0.39 is 0 Å². The van der Waals surface area contributed by atoms with E-state index in [4.69, 9.17) is 5.73 Å². The van der Waals surface area contributed by atoms with E-state index in [1.54, 1.807) is 11.3 Å². The van der Waals surface area contributed by atoms with Gasteiger partial charge in [-0.1, -0.05) is 0 Å². The Kier molecular flexibility index (Phi) is 3.78. The molecule has 0 saturated heterocycles. The fourth-order valence-corrected chi connectivity index (χ4v) is 3.02. The van der Waals surface area contributed by atoms with Crippen LogP contribution in [0, 0.1) is 0 Å². The Balaban J connectivity index is 2.20. The monoisotopic (exact) mass is 299 g/mol. The number of thiophene rings is 1. The minimum atomic E-state index is -0.00794. The summed E-state index contributed by atoms with van der Waals surface area (Å²) in [5.41, 5.74) is 8.58. The molecule has 2 rings (SSSR count). The summed E-state index contributed by atoms with van der Waals surface area (Å²) >= 11 is 5.21. The standard InChI is InChI=1S/C11H14BrN3S/c1-2-15-11(9(12)6-14-15)10(13)5-8-3-4-16-7-8/h3-4,6-7,10H,2,5,13H2,1H3. The van der Waals surface area contributed by atoms with Gasteiger partial charge in [0.15, 0.2) is 0 Å². The number of halogens is 1. The average molecular weight is 300 g/mol. The third-order valence-corrected chi connectivity index (χ3v) is 3.86. The molecule has 0 fully saturated rings. The highest BCUT2D eigenvalue weighted by Gasteiger charge is 2.16.